The second-order valence-corrected chi connectivity index (χ2v) is 9.34. The number of ether oxygens (including phenoxy) is 1. The minimum Gasteiger partial charge on any atom is -0.369 e. The summed E-state index contributed by atoms with van der Waals surface area (Å²) in [6.07, 6.45) is -0.368. The number of Topliss-reactive ketones (excluding diaryl/α,β-unsaturated/α-hetero) is 1. The average Bonchev–Trinajstić information content (AvgIpc) is 3.21. The lowest BCUT2D eigenvalue weighted by Crippen LogP contribution is -2.26. The number of benzene rings is 1. The number of rotatable bonds is 4. The largest absolute Gasteiger partial charge is 0.417 e. The summed E-state index contributed by atoms with van der Waals surface area (Å²) < 4.78 is 60.3. The number of amides is 1. The van der Waals surface area contributed by atoms with Gasteiger partial charge in [-0.05, 0) is 43.4 Å². The molecule has 5 rings (SSSR count). The molecule has 4 nitrogen and oxygen atoms in total. The number of fused-ring (bicyclic) bond motifs is 4. The van der Waals surface area contributed by atoms with Gasteiger partial charge in [-0.2, -0.15) is 13.2 Å². The summed E-state index contributed by atoms with van der Waals surface area (Å²) in [5.41, 5.74) is -1.20. The van der Waals surface area contributed by atoms with Crippen LogP contribution < -0.4 is 5.32 Å². The number of ketones is 1. The van der Waals surface area contributed by atoms with Crippen LogP contribution in [0.25, 0.3) is 0 Å². The normalized spacial score (nSPS) is 22.7. The van der Waals surface area contributed by atoms with Crippen LogP contribution in [0.15, 0.2) is 18.2 Å². The van der Waals surface area contributed by atoms with E-state index in [9.17, 15) is 27.2 Å². The molecule has 3 aliphatic rings. The zero-order valence-electron chi connectivity index (χ0n) is 16.4. The van der Waals surface area contributed by atoms with E-state index >= 15 is 0 Å². The molecule has 2 unspecified atom stereocenters. The fourth-order valence-corrected chi connectivity index (χ4v) is 5.90. The summed E-state index contributed by atoms with van der Waals surface area (Å²) in [7, 11) is 0. The summed E-state index contributed by atoms with van der Waals surface area (Å²) in [6.45, 7) is 0. The van der Waals surface area contributed by atoms with E-state index in [0.717, 1.165) is 66.0 Å². The summed E-state index contributed by atoms with van der Waals surface area (Å²) in [4.78, 5) is 26.8. The molecule has 2 aromatic rings. The Hall–Kier alpha value is -2.26. The van der Waals surface area contributed by atoms with E-state index in [1.807, 2.05) is 0 Å². The number of carbonyl (C=O) groups excluding carboxylic acids is 2. The molecule has 2 fully saturated rings. The van der Waals surface area contributed by atoms with Crippen LogP contribution in [0.1, 0.15) is 74.9 Å². The smallest absolute Gasteiger partial charge is 0.369 e. The van der Waals surface area contributed by atoms with Crippen LogP contribution in [0.3, 0.4) is 0 Å². The lowest BCUT2D eigenvalue weighted by molar-refractivity contribution is -0.138. The van der Waals surface area contributed by atoms with Gasteiger partial charge < -0.3 is 10.1 Å². The Bertz CT molecular complexity index is 1070. The summed E-state index contributed by atoms with van der Waals surface area (Å²) in [5.74, 6) is -2.71. The molecule has 2 aliphatic heterocycles. The van der Waals surface area contributed by atoms with Gasteiger partial charge in [0.1, 0.15) is 10.8 Å². The van der Waals surface area contributed by atoms with Crippen molar-refractivity contribution in [2.75, 3.05) is 5.32 Å². The molecule has 2 atom stereocenters. The number of hydrogen-bond acceptors (Lipinski definition) is 4. The van der Waals surface area contributed by atoms with Crippen LogP contribution >= 0.6 is 11.3 Å². The molecule has 1 saturated carbocycles. The quantitative estimate of drug-likeness (QED) is 0.462. The zero-order chi connectivity index (χ0) is 21.9. The summed E-state index contributed by atoms with van der Waals surface area (Å²) in [6, 6.07) is 2.40. The number of carbonyl (C=O) groups is 2. The lowest BCUT2D eigenvalue weighted by atomic mass is 9.79. The van der Waals surface area contributed by atoms with Gasteiger partial charge in [-0.25, -0.2) is 4.39 Å². The molecular weight excluding hydrogens is 434 g/mol. The Morgan fingerprint density at radius 3 is 2.55 bits per heavy atom. The number of hydrogen-bond donors (Lipinski definition) is 1. The van der Waals surface area contributed by atoms with Crippen molar-refractivity contribution >= 4 is 28.0 Å². The van der Waals surface area contributed by atoms with Crippen molar-refractivity contribution in [1.29, 1.82) is 0 Å². The predicted octanol–water partition coefficient (Wildman–Crippen LogP) is 5.92. The van der Waals surface area contributed by atoms with Gasteiger partial charge in [-0.1, -0.05) is 12.5 Å². The summed E-state index contributed by atoms with van der Waals surface area (Å²) in [5, 5.41) is 2.64. The van der Waals surface area contributed by atoms with Gasteiger partial charge in [0.25, 0.3) is 5.91 Å². The average molecular weight is 453 g/mol. The highest BCUT2D eigenvalue weighted by molar-refractivity contribution is 7.17. The molecule has 31 heavy (non-hydrogen) atoms. The molecule has 1 saturated heterocycles. The van der Waals surface area contributed by atoms with Gasteiger partial charge >= 0.3 is 6.18 Å². The second kappa shape index (κ2) is 7.41. The van der Waals surface area contributed by atoms with E-state index in [0.29, 0.717) is 18.1 Å². The predicted molar refractivity (Wildman–Crippen MR) is 106 cm³/mol. The summed E-state index contributed by atoms with van der Waals surface area (Å²) >= 11 is 1.16. The van der Waals surface area contributed by atoms with Crippen molar-refractivity contribution in [2.45, 2.75) is 56.9 Å². The van der Waals surface area contributed by atoms with Crippen molar-refractivity contribution in [3.8, 4) is 0 Å². The second-order valence-electron chi connectivity index (χ2n) is 8.28. The van der Waals surface area contributed by atoms with Crippen LogP contribution in [-0.2, 0) is 17.3 Å². The molecule has 1 aromatic heterocycles. The van der Waals surface area contributed by atoms with Gasteiger partial charge in [0.2, 0.25) is 0 Å². The molecule has 164 valence electrons. The standard InChI is InChI=1S/C22H19F4NO3S/c23-14-6-2-5-13(22(24,25)26)17(14)20(29)27-21-16(18(28)10-3-1-4-10)12-9-11-7-8-15(30-11)19(12)31-21/h2,5-6,10-11,15H,1,3-4,7-9H2,(H,27,29). The minimum atomic E-state index is -4.89. The van der Waals surface area contributed by atoms with Crippen molar-refractivity contribution in [3.05, 3.63) is 51.1 Å². The molecule has 1 amide bonds. The number of nitrogens with one attached hydrogen (secondary N) is 1. The Labute approximate surface area is 179 Å². The zero-order valence-corrected chi connectivity index (χ0v) is 17.2. The van der Waals surface area contributed by atoms with E-state index in [2.05, 4.69) is 5.32 Å². The Morgan fingerprint density at radius 2 is 1.87 bits per heavy atom. The first kappa shape index (κ1) is 20.6. The molecule has 1 aromatic carbocycles. The molecule has 0 spiro atoms. The van der Waals surface area contributed by atoms with E-state index in [1.54, 1.807) is 0 Å². The van der Waals surface area contributed by atoms with E-state index < -0.39 is 29.0 Å². The van der Waals surface area contributed by atoms with E-state index in [1.165, 1.54) is 0 Å². The first-order chi connectivity index (χ1) is 14.7. The third-order valence-corrected chi connectivity index (χ3v) is 7.61. The van der Waals surface area contributed by atoms with Gasteiger partial charge in [0.05, 0.1) is 28.9 Å². The van der Waals surface area contributed by atoms with E-state index in [-0.39, 0.29) is 28.9 Å². The monoisotopic (exact) mass is 453 g/mol. The van der Waals surface area contributed by atoms with Crippen molar-refractivity contribution in [2.24, 2.45) is 5.92 Å². The maximum atomic E-state index is 14.3. The molecule has 3 heterocycles. The SMILES string of the molecule is O=C(Nc1sc2c(c1C(=O)C1CCC1)CC1CCC2O1)c1c(F)cccc1C(F)(F)F. The highest BCUT2D eigenvalue weighted by Gasteiger charge is 2.42. The first-order valence-corrected chi connectivity index (χ1v) is 11.1. The highest BCUT2D eigenvalue weighted by Crippen LogP contribution is 2.50. The Balaban J connectivity index is 1.55. The lowest BCUT2D eigenvalue weighted by Gasteiger charge is -2.26. The van der Waals surface area contributed by atoms with Gasteiger partial charge in [-0.15, -0.1) is 11.3 Å². The molecule has 9 heteroatoms. The third-order valence-electron chi connectivity index (χ3n) is 6.37. The van der Waals surface area contributed by atoms with Crippen LogP contribution in [0.5, 0.6) is 0 Å². The number of anilines is 1. The fourth-order valence-electron chi connectivity index (χ4n) is 4.60. The topological polar surface area (TPSA) is 55.4 Å². The number of alkyl halides is 3. The maximum Gasteiger partial charge on any atom is 0.417 e. The molecular formula is C22H19F4NO3S. The highest BCUT2D eigenvalue weighted by atomic mass is 32.1. The van der Waals surface area contributed by atoms with Crippen LogP contribution in [0, 0.1) is 11.7 Å². The molecule has 0 radical (unpaired) electrons. The minimum absolute atomic E-state index is 0.00647. The van der Waals surface area contributed by atoms with Crippen LogP contribution in [0.2, 0.25) is 0 Å². The van der Waals surface area contributed by atoms with Crippen molar-refractivity contribution in [3.63, 3.8) is 0 Å². The Kier molecular flexibility index (Phi) is 4.93. The Morgan fingerprint density at radius 1 is 1.10 bits per heavy atom. The van der Waals surface area contributed by atoms with Crippen LogP contribution in [-0.4, -0.2) is 17.8 Å². The number of halogens is 4. The first-order valence-electron chi connectivity index (χ1n) is 10.3. The molecule has 1 N–H and O–H groups in total. The molecule has 2 bridgehead atoms. The third kappa shape index (κ3) is 3.47. The van der Waals surface area contributed by atoms with Crippen molar-refractivity contribution < 1.29 is 31.9 Å². The maximum absolute atomic E-state index is 14.3. The van der Waals surface area contributed by atoms with E-state index in [4.69, 9.17) is 4.74 Å². The fraction of sp³-hybridized carbons (Fsp3) is 0.455. The van der Waals surface area contributed by atoms with Crippen molar-refractivity contribution in [1.82, 2.24) is 0 Å². The van der Waals surface area contributed by atoms with Gasteiger partial charge in [0.15, 0.2) is 5.78 Å². The molecule has 1 aliphatic carbocycles. The number of thiophene rings is 1. The van der Waals surface area contributed by atoms with Gasteiger partial charge in [0, 0.05) is 17.2 Å². The van der Waals surface area contributed by atoms with Crippen LogP contribution in [0.4, 0.5) is 22.6 Å². The van der Waals surface area contributed by atoms with Gasteiger partial charge in [-0.3, -0.25) is 9.59 Å².